The van der Waals surface area contributed by atoms with Crippen molar-refractivity contribution in [1.82, 2.24) is 9.80 Å². The zero-order valence-corrected chi connectivity index (χ0v) is 15.7. The van der Waals surface area contributed by atoms with Crippen LogP contribution >= 0.6 is 0 Å². The van der Waals surface area contributed by atoms with E-state index in [2.05, 4.69) is 11.8 Å². The first-order valence-electron chi connectivity index (χ1n) is 9.88. The van der Waals surface area contributed by atoms with Crippen LogP contribution in [0.2, 0.25) is 0 Å². The van der Waals surface area contributed by atoms with Gasteiger partial charge in [0.2, 0.25) is 11.8 Å². The van der Waals surface area contributed by atoms with Crippen molar-refractivity contribution in [2.24, 2.45) is 5.92 Å². The molecule has 0 N–H and O–H groups in total. The minimum absolute atomic E-state index is 0.0661. The number of nitrogens with zero attached hydrogens (tertiary/aromatic N) is 2. The average molecular weight is 358 g/mol. The zero-order chi connectivity index (χ0) is 18.4. The van der Waals surface area contributed by atoms with Crippen LogP contribution in [0, 0.1) is 5.92 Å². The summed E-state index contributed by atoms with van der Waals surface area (Å²) < 4.78 is 5.61. The summed E-state index contributed by atoms with van der Waals surface area (Å²) in [7, 11) is 0. The molecule has 0 bridgehead atoms. The lowest BCUT2D eigenvalue weighted by Gasteiger charge is -2.47. The van der Waals surface area contributed by atoms with Gasteiger partial charge in [0.1, 0.15) is 6.61 Å². The molecule has 5 nitrogen and oxygen atoms in total. The Labute approximate surface area is 156 Å². The highest BCUT2D eigenvalue weighted by Gasteiger charge is 2.39. The summed E-state index contributed by atoms with van der Waals surface area (Å²) >= 11 is 0. The first-order valence-corrected chi connectivity index (χ1v) is 9.88. The number of carbonyl (C=O) groups is 2. The van der Waals surface area contributed by atoms with Crippen LogP contribution < -0.4 is 0 Å². The van der Waals surface area contributed by atoms with Crippen molar-refractivity contribution in [2.45, 2.75) is 51.7 Å². The lowest BCUT2D eigenvalue weighted by Crippen LogP contribution is -2.57. The molecule has 2 amide bonds. The van der Waals surface area contributed by atoms with Gasteiger partial charge in [0, 0.05) is 32.1 Å². The van der Waals surface area contributed by atoms with Gasteiger partial charge in [0.05, 0.1) is 6.61 Å². The normalized spacial score (nSPS) is 23.0. The van der Waals surface area contributed by atoms with Crippen LogP contribution in [0.4, 0.5) is 0 Å². The quantitative estimate of drug-likeness (QED) is 0.753. The fourth-order valence-electron chi connectivity index (χ4n) is 4.12. The van der Waals surface area contributed by atoms with E-state index in [4.69, 9.17) is 4.74 Å². The third-order valence-corrected chi connectivity index (χ3v) is 5.59. The Morgan fingerprint density at radius 2 is 2.04 bits per heavy atom. The largest absolute Gasteiger partial charge is 0.367 e. The summed E-state index contributed by atoms with van der Waals surface area (Å²) in [6, 6.07) is 10.2. The van der Waals surface area contributed by atoms with Crippen LogP contribution in [0.25, 0.3) is 0 Å². The van der Waals surface area contributed by atoms with Crippen LogP contribution in [0.5, 0.6) is 0 Å². The summed E-state index contributed by atoms with van der Waals surface area (Å²) in [5.41, 5.74) is 1.08. The van der Waals surface area contributed by atoms with Crippen molar-refractivity contribution in [3.05, 3.63) is 35.9 Å². The minimum Gasteiger partial charge on any atom is -0.367 e. The lowest BCUT2D eigenvalue weighted by molar-refractivity contribution is -0.146. The molecule has 2 fully saturated rings. The maximum Gasteiger partial charge on any atom is 0.248 e. The highest BCUT2D eigenvalue weighted by molar-refractivity contribution is 5.79. The first kappa shape index (κ1) is 18.9. The molecule has 0 unspecified atom stereocenters. The van der Waals surface area contributed by atoms with Gasteiger partial charge in [-0.05, 0) is 30.7 Å². The molecular formula is C21H30N2O3. The van der Waals surface area contributed by atoms with Crippen molar-refractivity contribution in [3.63, 3.8) is 0 Å². The number of ether oxygens (including phenoxy) is 1. The molecule has 1 aromatic carbocycles. The van der Waals surface area contributed by atoms with E-state index in [-0.39, 0.29) is 12.5 Å². The summed E-state index contributed by atoms with van der Waals surface area (Å²) in [6.07, 6.45) is 4.58. The first-order chi connectivity index (χ1) is 12.7. The number of piperidine rings is 2. The molecule has 0 radical (unpaired) electrons. The number of hydrogen-bond donors (Lipinski definition) is 0. The fraction of sp³-hybridized carbons (Fsp3) is 0.619. The third-order valence-electron chi connectivity index (χ3n) is 5.59. The van der Waals surface area contributed by atoms with Gasteiger partial charge in [-0.2, -0.15) is 0 Å². The van der Waals surface area contributed by atoms with Gasteiger partial charge < -0.3 is 14.5 Å². The van der Waals surface area contributed by atoms with E-state index >= 15 is 0 Å². The van der Waals surface area contributed by atoms with Crippen LogP contribution in [0.15, 0.2) is 30.3 Å². The van der Waals surface area contributed by atoms with Gasteiger partial charge in [-0.3, -0.25) is 9.59 Å². The van der Waals surface area contributed by atoms with Crippen molar-refractivity contribution in [2.75, 3.05) is 26.2 Å². The smallest absolute Gasteiger partial charge is 0.248 e. The second-order valence-corrected chi connectivity index (χ2v) is 7.41. The minimum atomic E-state index is 0.0661. The predicted molar refractivity (Wildman–Crippen MR) is 100 cm³/mol. The van der Waals surface area contributed by atoms with Crippen molar-refractivity contribution in [1.29, 1.82) is 0 Å². The van der Waals surface area contributed by atoms with Crippen molar-refractivity contribution >= 4 is 11.8 Å². The molecule has 2 heterocycles. The van der Waals surface area contributed by atoms with E-state index in [1.54, 1.807) is 0 Å². The topological polar surface area (TPSA) is 49.9 Å². The maximum atomic E-state index is 12.5. The van der Waals surface area contributed by atoms with Crippen LogP contribution in [-0.2, 0) is 20.9 Å². The Kier molecular flexibility index (Phi) is 6.67. The monoisotopic (exact) mass is 358 g/mol. The molecule has 1 aromatic rings. The predicted octanol–water partition coefficient (Wildman–Crippen LogP) is 2.84. The summed E-state index contributed by atoms with van der Waals surface area (Å²) in [5.74, 6) is 0.776. The Morgan fingerprint density at radius 1 is 1.23 bits per heavy atom. The number of amides is 2. The van der Waals surface area contributed by atoms with Gasteiger partial charge in [0.15, 0.2) is 0 Å². The molecule has 142 valence electrons. The molecular weight excluding hydrogens is 328 g/mol. The van der Waals surface area contributed by atoms with Gasteiger partial charge in [-0.25, -0.2) is 0 Å². The zero-order valence-electron chi connectivity index (χ0n) is 15.7. The van der Waals surface area contributed by atoms with Gasteiger partial charge >= 0.3 is 0 Å². The van der Waals surface area contributed by atoms with Gasteiger partial charge in [-0.15, -0.1) is 0 Å². The Hall–Kier alpha value is -1.88. The molecule has 2 aliphatic rings. The number of carbonyl (C=O) groups excluding carboxylic acids is 2. The molecule has 2 saturated heterocycles. The van der Waals surface area contributed by atoms with Crippen LogP contribution in [0.1, 0.15) is 44.6 Å². The maximum absolute atomic E-state index is 12.5. The molecule has 26 heavy (non-hydrogen) atoms. The van der Waals surface area contributed by atoms with E-state index < -0.39 is 0 Å². The van der Waals surface area contributed by atoms with Crippen molar-refractivity contribution in [3.8, 4) is 0 Å². The Morgan fingerprint density at radius 3 is 2.81 bits per heavy atom. The summed E-state index contributed by atoms with van der Waals surface area (Å²) in [4.78, 5) is 28.8. The lowest BCUT2D eigenvalue weighted by atomic mass is 9.83. The molecule has 0 aliphatic carbocycles. The van der Waals surface area contributed by atoms with E-state index in [0.717, 1.165) is 50.9 Å². The summed E-state index contributed by atoms with van der Waals surface area (Å²) in [6.45, 7) is 5.10. The number of benzene rings is 1. The van der Waals surface area contributed by atoms with E-state index in [9.17, 15) is 9.59 Å². The molecule has 5 heteroatoms. The number of fused-ring (bicyclic) bond motifs is 1. The number of hydrogen-bond acceptors (Lipinski definition) is 3. The standard InChI is InChI=1S/C21H30N2O3/c1-2-3-12-23-19-11-13-22(14-18(19)9-10-20(23)24)21(25)16-26-15-17-7-5-4-6-8-17/h4-8,18-19H,2-3,9-16H2,1H3/t18-,19+/m0/s1. The highest BCUT2D eigenvalue weighted by atomic mass is 16.5. The molecule has 0 saturated carbocycles. The molecule has 0 spiro atoms. The molecule has 2 atom stereocenters. The van der Waals surface area contributed by atoms with Crippen molar-refractivity contribution < 1.29 is 14.3 Å². The SMILES string of the molecule is CCCCN1C(=O)CC[C@H]2CN(C(=O)COCc3ccccc3)CC[C@H]21. The fourth-order valence-corrected chi connectivity index (χ4v) is 4.12. The average Bonchev–Trinajstić information content (AvgIpc) is 2.67. The van der Waals surface area contributed by atoms with Crippen LogP contribution in [0.3, 0.4) is 0 Å². The molecule has 2 aliphatic heterocycles. The Bertz CT molecular complexity index is 605. The van der Waals surface area contributed by atoms with E-state index in [0.29, 0.717) is 30.9 Å². The Balaban J connectivity index is 1.48. The number of unbranched alkanes of at least 4 members (excludes halogenated alkanes) is 1. The van der Waals surface area contributed by atoms with Gasteiger partial charge in [-0.1, -0.05) is 43.7 Å². The number of likely N-dealkylation sites (tertiary alicyclic amines) is 2. The van der Waals surface area contributed by atoms with Gasteiger partial charge in [0.25, 0.3) is 0 Å². The number of rotatable bonds is 7. The molecule has 3 rings (SSSR count). The highest BCUT2D eigenvalue weighted by Crippen LogP contribution is 2.31. The third kappa shape index (κ3) is 4.64. The van der Waals surface area contributed by atoms with Crippen LogP contribution in [-0.4, -0.2) is 53.9 Å². The summed E-state index contributed by atoms with van der Waals surface area (Å²) in [5, 5.41) is 0. The molecule has 0 aromatic heterocycles. The van der Waals surface area contributed by atoms with E-state index in [1.165, 1.54) is 0 Å². The second kappa shape index (κ2) is 9.17. The second-order valence-electron chi connectivity index (χ2n) is 7.41. The van der Waals surface area contributed by atoms with E-state index in [1.807, 2.05) is 35.2 Å².